The lowest BCUT2D eigenvalue weighted by molar-refractivity contribution is -0.137. The van der Waals surface area contributed by atoms with Crippen LogP contribution in [0.2, 0.25) is 0 Å². The standard InChI is InChI=1S/C27H25F3N6O3/c1-35(2)26(39)32-21-10-3-6-17(12-21)15-31-25(38)19-8-5-11-22(14-19)36-16-23(33-34-36)24(37)18-7-4-9-20(13-18)27(28,29)30/h3-14,16,24,37H,15H2,1-2H3,(H,31,38)(H,32,39). The molecule has 3 amide bonds. The van der Waals surface area contributed by atoms with Crippen LogP contribution in [-0.2, 0) is 12.7 Å². The van der Waals surface area contributed by atoms with Gasteiger partial charge in [0, 0.05) is 31.9 Å². The molecule has 0 radical (unpaired) electrons. The Labute approximate surface area is 221 Å². The molecule has 0 saturated carbocycles. The Morgan fingerprint density at radius 2 is 1.77 bits per heavy atom. The van der Waals surface area contributed by atoms with Crippen molar-refractivity contribution in [2.75, 3.05) is 19.4 Å². The monoisotopic (exact) mass is 538 g/mol. The molecule has 0 spiro atoms. The topological polar surface area (TPSA) is 112 Å². The SMILES string of the molecule is CN(C)C(=O)Nc1cccc(CNC(=O)c2cccc(-n3cc(C(O)c4cccc(C(F)(F)F)c4)nn3)c2)c1. The van der Waals surface area contributed by atoms with Crippen molar-refractivity contribution in [2.24, 2.45) is 0 Å². The van der Waals surface area contributed by atoms with E-state index in [4.69, 9.17) is 0 Å². The highest BCUT2D eigenvalue weighted by atomic mass is 19.4. The molecule has 4 rings (SSSR count). The Morgan fingerprint density at radius 1 is 1.03 bits per heavy atom. The molecule has 0 aliphatic carbocycles. The number of aliphatic hydroxyl groups excluding tert-OH is 1. The zero-order chi connectivity index (χ0) is 28.2. The van der Waals surface area contributed by atoms with Gasteiger partial charge in [-0.15, -0.1) is 5.10 Å². The second-order valence-electron chi connectivity index (χ2n) is 8.87. The van der Waals surface area contributed by atoms with Gasteiger partial charge in [0.2, 0.25) is 0 Å². The van der Waals surface area contributed by atoms with Crippen LogP contribution in [0.4, 0.5) is 23.7 Å². The Kier molecular flexibility index (Phi) is 7.96. The lowest BCUT2D eigenvalue weighted by Crippen LogP contribution is -2.27. The maximum Gasteiger partial charge on any atom is 0.416 e. The molecule has 1 unspecified atom stereocenters. The number of hydrogen-bond donors (Lipinski definition) is 3. The fraction of sp³-hybridized carbons (Fsp3) is 0.185. The number of anilines is 1. The average molecular weight is 539 g/mol. The van der Waals surface area contributed by atoms with Crippen LogP contribution in [-0.4, -0.2) is 51.0 Å². The highest BCUT2D eigenvalue weighted by Crippen LogP contribution is 2.31. The molecular formula is C27H25F3N6O3. The number of benzene rings is 3. The summed E-state index contributed by atoms with van der Waals surface area (Å²) in [6, 6.07) is 17.7. The number of carbonyl (C=O) groups excluding carboxylic acids is 2. The number of amides is 3. The number of rotatable bonds is 7. The van der Waals surface area contributed by atoms with Gasteiger partial charge in [0.1, 0.15) is 11.8 Å². The van der Waals surface area contributed by atoms with Crippen LogP contribution in [0.3, 0.4) is 0 Å². The summed E-state index contributed by atoms with van der Waals surface area (Å²) in [6.07, 6.45) is -4.58. The van der Waals surface area contributed by atoms with E-state index in [9.17, 15) is 27.9 Å². The Balaban J connectivity index is 1.44. The third-order valence-corrected chi connectivity index (χ3v) is 5.73. The molecule has 3 N–H and O–H groups in total. The van der Waals surface area contributed by atoms with Crippen LogP contribution in [0.15, 0.2) is 79.0 Å². The van der Waals surface area contributed by atoms with E-state index in [0.717, 1.165) is 17.7 Å². The quantitative estimate of drug-likeness (QED) is 0.323. The summed E-state index contributed by atoms with van der Waals surface area (Å²) >= 11 is 0. The fourth-order valence-electron chi connectivity index (χ4n) is 3.65. The van der Waals surface area contributed by atoms with Crippen LogP contribution in [0.25, 0.3) is 5.69 Å². The minimum absolute atomic E-state index is 0.0235. The summed E-state index contributed by atoms with van der Waals surface area (Å²) in [5, 5.41) is 24.0. The molecular weight excluding hydrogens is 513 g/mol. The normalized spacial score (nSPS) is 12.1. The molecule has 0 fully saturated rings. The van der Waals surface area contributed by atoms with Gasteiger partial charge in [0.05, 0.1) is 17.4 Å². The Bertz CT molecular complexity index is 1490. The molecule has 9 nitrogen and oxygen atoms in total. The molecule has 3 aromatic carbocycles. The summed E-state index contributed by atoms with van der Waals surface area (Å²) in [4.78, 5) is 26.1. The molecule has 0 aliphatic rings. The minimum atomic E-state index is -4.54. The maximum absolute atomic E-state index is 13.0. The predicted octanol–water partition coefficient (Wildman–Crippen LogP) is 4.39. The lowest BCUT2D eigenvalue weighted by atomic mass is 10.0. The van der Waals surface area contributed by atoms with Gasteiger partial charge in [0.25, 0.3) is 5.91 Å². The number of aliphatic hydroxyl groups is 1. The first-order valence-electron chi connectivity index (χ1n) is 11.7. The maximum atomic E-state index is 13.0. The van der Waals surface area contributed by atoms with Gasteiger partial charge in [-0.05, 0) is 53.6 Å². The van der Waals surface area contributed by atoms with Gasteiger partial charge in [0.15, 0.2) is 0 Å². The summed E-state index contributed by atoms with van der Waals surface area (Å²) in [5.41, 5.74) is 1.36. The average Bonchev–Trinajstić information content (AvgIpc) is 3.41. The van der Waals surface area contributed by atoms with Crippen LogP contribution in [0.1, 0.15) is 38.8 Å². The van der Waals surface area contributed by atoms with E-state index in [0.29, 0.717) is 16.9 Å². The zero-order valence-electron chi connectivity index (χ0n) is 21.0. The van der Waals surface area contributed by atoms with Crippen LogP contribution >= 0.6 is 0 Å². The first-order chi connectivity index (χ1) is 18.5. The Morgan fingerprint density at radius 3 is 2.51 bits per heavy atom. The molecule has 1 atom stereocenters. The zero-order valence-corrected chi connectivity index (χ0v) is 21.0. The van der Waals surface area contributed by atoms with E-state index >= 15 is 0 Å². The number of nitrogens with one attached hydrogen (secondary N) is 2. The van der Waals surface area contributed by atoms with Crippen molar-refractivity contribution in [2.45, 2.75) is 18.8 Å². The molecule has 0 aliphatic heterocycles. The van der Waals surface area contributed by atoms with E-state index in [2.05, 4.69) is 20.9 Å². The van der Waals surface area contributed by atoms with Crippen LogP contribution < -0.4 is 10.6 Å². The highest BCUT2D eigenvalue weighted by molar-refractivity contribution is 5.94. The summed E-state index contributed by atoms with van der Waals surface area (Å²) < 4.78 is 40.4. The van der Waals surface area contributed by atoms with Gasteiger partial charge >= 0.3 is 12.2 Å². The first kappa shape index (κ1) is 27.3. The largest absolute Gasteiger partial charge is 0.416 e. The van der Waals surface area contributed by atoms with Crippen molar-refractivity contribution < 1.29 is 27.9 Å². The number of carbonyl (C=O) groups is 2. The highest BCUT2D eigenvalue weighted by Gasteiger charge is 2.31. The van der Waals surface area contributed by atoms with E-state index in [1.807, 2.05) is 6.07 Å². The van der Waals surface area contributed by atoms with E-state index < -0.39 is 17.8 Å². The third kappa shape index (κ3) is 6.79. The second kappa shape index (κ2) is 11.4. The number of aromatic nitrogens is 3. The van der Waals surface area contributed by atoms with Gasteiger partial charge in [-0.1, -0.05) is 35.5 Å². The van der Waals surface area contributed by atoms with Crippen molar-refractivity contribution >= 4 is 17.6 Å². The van der Waals surface area contributed by atoms with E-state index in [1.54, 1.807) is 56.6 Å². The van der Waals surface area contributed by atoms with E-state index in [1.165, 1.54) is 27.9 Å². The van der Waals surface area contributed by atoms with Crippen molar-refractivity contribution in [1.29, 1.82) is 0 Å². The van der Waals surface area contributed by atoms with Crippen LogP contribution in [0, 0.1) is 0 Å². The molecule has 1 heterocycles. The number of halogens is 3. The number of urea groups is 1. The summed E-state index contributed by atoms with van der Waals surface area (Å²) in [7, 11) is 3.26. The van der Waals surface area contributed by atoms with Crippen molar-refractivity contribution in [3.63, 3.8) is 0 Å². The summed E-state index contributed by atoms with van der Waals surface area (Å²) in [6.45, 7) is 0.214. The van der Waals surface area contributed by atoms with E-state index in [-0.39, 0.29) is 29.7 Å². The van der Waals surface area contributed by atoms with Crippen molar-refractivity contribution in [3.8, 4) is 5.69 Å². The fourth-order valence-corrected chi connectivity index (χ4v) is 3.65. The molecule has 0 bridgehead atoms. The molecule has 12 heteroatoms. The number of hydrogen-bond acceptors (Lipinski definition) is 5. The van der Waals surface area contributed by atoms with Gasteiger partial charge in [-0.25, -0.2) is 9.48 Å². The van der Waals surface area contributed by atoms with Crippen molar-refractivity contribution in [1.82, 2.24) is 25.2 Å². The van der Waals surface area contributed by atoms with Crippen molar-refractivity contribution in [3.05, 3.63) is 107 Å². The van der Waals surface area contributed by atoms with Gasteiger partial charge in [-0.3, -0.25) is 4.79 Å². The molecule has 202 valence electrons. The van der Waals surface area contributed by atoms with Crippen LogP contribution in [0.5, 0.6) is 0 Å². The van der Waals surface area contributed by atoms with Gasteiger partial charge in [-0.2, -0.15) is 13.2 Å². The van der Waals surface area contributed by atoms with Gasteiger partial charge < -0.3 is 20.6 Å². The second-order valence-corrected chi connectivity index (χ2v) is 8.87. The predicted molar refractivity (Wildman–Crippen MR) is 137 cm³/mol. The summed E-state index contributed by atoms with van der Waals surface area (Å²) in [5.74, 6) is -0.357. The third-order valence-electron chi connectivity index (χ3n) is 5.73. The minimum Gasteiger partial charge on any atom is -0.382 e. The lowest BCUT2D eigenvalue weighted by Gasteiger charge is -2.13. The number of alkyl halides is 3. The smallest absolute Gasteiger partial charge is 0.382 e. The molecule has 0 saturated heterocycles. The molecule has 4 aromatic rings. The number of nitrogens with zero attached hydrogens (tertiary/aromatic N) is 4. The first-order valence-corrected chi connectivity index (χ1v) is 11.7. The Hall–Kier alpha value is -4.71. The molecule has 39 heavy (non-hydrogen) atoms. The molecule has 1 aromatic heterocycles.